The lowest BCUT2D eigenvalue weighted by Gasteiger charge is -2.14. The number of aliphatic hydroxyl groups is 1. The van der Waals surface area contributed by atoms with Crippen molar-refractivity contribution in [2.24, 2.45) is 0 Å². The quantitative estimate of drug-likeness (QED) is 0.917. The molecule has 0 fully saturated rings. The lowest BCUT2D eigenvalue weighted by atomic mass is 10.00. The van der Waals surface area contributed by atoms with Gasteiger partial charge in [0.2, 0.25) is 0 Å². The van der Waals surface area contributed by atoms with Crippen molar-refractivity contribution in [3.8, 4) is 5.69 Å². The van der Waals surface area contributed by atoms with Gasteiger partial charge in [-0.2, -0.15) is 0 Å². The third kappa shape index (κ3) is 2.49. The van der Waals surface area contributed by atoms with E-state index in [1.54, 1.807) is 21.5 Å². The molecule has 4 nitrogen and oxygen atoms in total. The number of imidazole rings is 1. The van der Waals surface area contributed by atoms with Gasteiger partial charge in [-0.3, -0.25) is 9.13 Å². The lowest BCUT2D eigenvalue weighted by Crippen LogP contribution is -2.25. The molecule has 0 bridgehead atoms. The number of aromatic nitrogens is 2. The predicted octanol–water partition coefficient (Wildman–Crippen LogP) is 2.32. The summed E-state index contributed by atoms with van der Waals surface area (Å²) in [5.41, 5.74) is 1.77. The largest absolute Gasteiger partial charge is 0.396 e. The summed E-state index contributed by atoms with van der Waals surface area (Å²) in [6, 6.07) is 7.83. The fourth-order valence-electron chi connectivity index (χ4n) is 2.19. The van der Waals surface area contributed by atoms with Crippen molar-refractivity contribution in [3.63, 3.8) is 0 Å². The van der Waals surface area contributed by atoms with Crippen LogP contribution in [0.15, 0.2) is 41.5 Å². The Labute approximate surface area is 112 Å². The molecule has 0 saturated carbocycles. The second-order valence-electron chi connectivity index (χ2n) is 5.09. The van der Waals surface area contributed by atoms with E-state index in [9.17, 15) is 9.90 Å². The number of hydrogen-bond donors (Lipinski definition) is 1. The van der Waals surface area contributed by atoms with Gasteiger partial charge in [0.1, 0.15) is 0 Å². The summed E-state index contributed by atoms with van der Waals surface area (Å²) in [5.74, 6) is 0.00509. The maximum atomic E-state index is 12.3. The van der Waals surface area contributed by atoms with Gasteiger partial charge in [0.05, 0.1) is 5.69 Å². The van der Waals surface area contributed by atoms with Gasteiger partial charge in [-0.05, 0) is 25.5 Å². The standard InChI is InChI=1S/C15H20N2O2/c1-11(2)16-8-9-17(15(16)19)14-7-5-4-6-13(14)12(3)10-18/h4-9,11-12,18H,10H2,1-3H3. The van der Waals surface area contributed by atoms with Crippen molar-refractivity contribution < 1.29 is 5.11 Å². The van der Waals surface area contributed by atoms with E-state index in [1.807, 2.05) is 45.0 Å². The van der Waals surface area contributed by atoms with Crippen molar-refractivity contribution in [3.05, 3.63) is 52.7 Å². The molecule has 0 aliphatic heterocycles. The molecule has 102 valence electrons. The molecule has 1 heterocycles. The maximum Gasteiger partial charge on any atom is 0.332 e. The molecule has 0 saturated heterocycles. The van der Waals surface area contributed by atoms with Crippen LogP contribution in [-0.4, -0.2) is 20.8 Å². The molecule has 0 aliphatic rings. The highest BCUT2D eigenvalue weighted by molar-refractivity contribution is 5.43. The molecule has 0 spiro atoms. The number of aliphatic hydroxyl groups excluding tert-OH is 1. The van der Waals surface area contributed by atoms with Crippen LogP contribution in [0.2, 0.25) is 0 Å². The predicted molar refractivity (Wildman–Crippen MR) is 75.9 cm³/mol. The van der Waals surface area contributed by atoms with Crippen molar-refractivity contribution in [2.45, 2.75) is 32.7 Å². The molecule has 19 heavy (non-hydrogen) atoms. The molecule has 1 atom stereocenters. The van der Waals surface area contributed by atoms with E-state index < -0.39 is 0 Å². The number of para-hydroxylation sites is 1. The van der Waals surface area contributed by atoms with Crippen molar-refractivity contribution in [2.75, 3.05) is 6.61 Å². The van der Waals surface area contributed by atoms with Crippen molar-refractivity contribution in [1.29, 1.82) is 0 Å². The highest BCUT2D eigenvalue weighted by atomic mass is 16.3. The number of nitrogens with zero attached hydrogens (tertiary/aromatic N) is 2. The van der Waals surface area contributed by atoms with E-state index in [0.29, 0.717) is 0 Å². The van der Waals surface area contributed by atoms with Gasteiger partial charge in [-0.25, -0.2) is 4.79 Å². The smallest absolute Gasteiger partial charge is 0.332 e. The van der Waals surface area contributed by atoms with Crippen LogP contribution in [0.25, 0.3) is 5.69 Å². The Balaban J connectivity index is 2.57. The Kier molecular flexibility index (Phi) is 3.90. The van der Waals surface area contributed by atoms with Crippen molar-refractivity contribution >= 4 is 0 Å². The van der Waals surface area contributed by atoms with Gasteiger partial charge in [0, 0.05) is 31.0 Å². The molecule has 2 aromatic rings. The molecule has 0 aliphatic carbocycles. The zero-order chi connectivity index (χ0) is 14.0. The minimum Gasteiger partial charge on any atom is -0.396 e. The molecule has 1 N–H and O–H groups in total. The summed E-state index contributed by atoms with van der Waals surface area (Å²) < 4.78 is 3.34. The molecular formula is C15H20N2O2. The van der Waals surface area contributed by atoms with E-state index >= 15 is 0 Å². The first-order valence-electron chi connectivity index (χ1n) is 6.56. The molecular weight excluding hydrogens is 240 g/mol. The maximum absolute atomic E-state index is 12.3. The summed E-state index contributed by atoms with van der Waals surface area (Å²) in [4.78, 5) is 12.3. The van der Waals surface area contributed by atoms with Gasteiger partial charge in [-0.1, -0.05) is 25.1 Å². The third-order valence-electron chi connectivity index (χ3n) is 3.36. The highest BCUT2D eigenvalue weighted by Gasteiger charge is 2.14. The first-order valence-corrected chi connectivity index (χ1v) is 6.56. The Morgan fingerprint density at radius 2 is 1.84 bits per heavy atom. The van der Waals surface area contributed by atoms with Crippen molar-refractivity contribution in [1.82, 2.24) is 9.13 Å². The SMILES string of the molecule is CC(CO)c1ccccc1-n1ccn(C(C)C)c1=O. The van der Waals surface area contributed by atoms with E-state index in [-0.39, 0.29) is 24.3 Å². The summed E-state index contributed by atoms with van der Waals surface area (Å²) in [5, 5.41) is 9.33. The second-order valence-corrected chi connectivity index (χ2v) is 5.09. The molecule has 4 heteroatoms. The normalized spacial score (nSPS) is 12.9. The van der Waals surface area contributed by atoms with E-state index in [0.717, 1.165) is 11.3 Å². The van der Waals surface area contributed by atoms with Crippen LogP contribution < -0.4 is 5.69 Å². The molecule has 1 aromatic heterocycles. The molecule has 2 rings (SSSR count). The zero-order valence-electron chi connectivity index (χ0n) is 11.6. The fourth-order valence-corrected chi connectivity index (χ4v) is 2.19. The number of rotatable bonds is 4. The third-order valence-corrected chi connectivity index (χ3v) is 3.36. The van der Waals surface area contributed by atoms with Crippen LogP contribution in [0.3, 0.4) is 0 Å². The van der Waals surface area contributed by atoms with E-state index in [4.69, 9.17) is 0 Å². The van der Waals surface area contributed by atoms with E-state index in [1.165, 1.54) is 0 Å². The molecule has 1 unspecified atom stereocenters. The number of benzene rings is 1. The average molecular weight is 260 g/mol. The summed E-state index contributed by atoms with van der Waals surface area (Å²) in [6.45, 7) is 5.97. The number of hydrogen-bond acceptors (Lipinski definition) is 2. The Morgan fingerprint density at radius 3 is 2.42 bits per heavy atom. The van der Waals surface area contributed by atoms with Crippen LogP contribution in [0.4, 0.5) is 0 Å². The van der Waals surface area contributed by atoms with Crippen LogP contribution in [0.5, 0.6) is 0 Å². The summed E-state index contributed by atoms with van der Waals surface area (Å²) in [7, 11) is 0. The van der Waals surface area contributed by atoms with Gasteiger partial charge in [0.25, 0.3) is 0 Å². The average Bonchev–Trinajstić information content (AvgIpc) is 2.79. The monoisotopic (exact) mass is 260 g/mol. The minimum absolute atomic E-state index is 0.00509. The van der Waals surface area contributed by atoms with Gasteiger partial charge in [0.15, 0.2) is 0 Å². The van der Waals surface area contributed by atoms with Gasteiger partial charge < -0.3 is 5.11 Å². The van der Waals surface area contributed by atoms with Crippen LogP contribution >= 0.6 is 0 Å². The van der Waals surface area contributed by atoms with Gasteiger partial charge in [-0.15, -0.1) is 0 Å². The molecule has 0 amide bonds. The van der Waals surface area contributed by atoms with Gasteiger partial charge >= 0.3 is 5.69 Å². The Bertz CT molecular complexity index is 611. The second kappa shape index (κ2) is 5.45. The first kappa shape index (κ1) is 13.6. The lowest BCUT2D eigenvalue weighted by molar-refractivity contribution is 0.273. The molecule has 0 radical (unpaired) electrons. The highest BCUT2D eigenvalue weighted by Crippen LogP contribution is 2.22. The van der Waals surface area contributed by atoms with Crippen LogP contribution in [0, 0.1) is 0 Å². The Hall–Kier alpha value is -1.81. The van der Waals surface area contributed by atoms with Crippen LogP contribution in [-0.2, 0) is 0 Å². The van der Waals surface area contributed by atoms with E-state index in [2.05, 4.69) is 0 Å². The summed E-state index contributed by atoms with van der Waals surface area (Å²) in [6.07, 6.45) is 3.58. The summed E-state index contributed by atoms with van der Waals surface area (Å²) >= 11 is 0. The fraction of sp³-hybridized carbons (Fsp3) is 0.400. The minimum atomic E-state index is -0.0485. The Morgan fingerprint density at radius 1 is 1.16 bits per heavy atom. The first-order chi connectivity index (χ1) is 9.06. The zero-order valence-corrected chi connectivity index (χ0v) is 11.6. The topological polar surface area (TPSA) is 47.2 Å². The molecule has 1 aromatic carbocycles. The van der Waals surface area contributed by atoms with Crippen LogP contribution in [0.1, 0.15) is 38.3 Å².